The first-order chi connectivity index (χ1) is 9.30. The van der Waals surface area contributed by atoms with E-state index >= 15 is 0 Å². The van der Waals surface area contributed by atoms with Crippen LogP contribution in [0.3, 0.4) is 0 Å². The van der Waals surface area contributed by atoms with Crippen LogP contribution in [0.2, 0.25) is 0 Å². The molecule has 0 saturated carbocycles. The van der Waals surface area contributed by atoms with Gasteiger partial charge in [-0.15, -0.1) is 0 Å². The third-order valence-corrected chi connectivity index (χ3v) is 5.14. The molecule has 1 aromatic heterocycles. The van der Waals surface area contributed by atoms with Crippen LogP contribution in [0.5, 0.6) is 0 Å². The van der Waals surface area contributed by atoms with E-state index in [1.165, 1.54) is 0 Å². The van der Waals surface area contributed by atoms with Gasteiger partial charge in [0.15, 0.2) is 0 Å². The third kappa shape index (κ3) is 3.32. The highest BCUT2D eigenvalue weighted by Gasteiger charge is 2.28. The largest absolute Gasteiger partial charge is 0.397 e. The van der Waals surface area contributed by atoms with E-state index in [1.54, 1.807) is 6.07 Å². The molecule has 1 aliphatic rings. The Morgan fingerprint density at radius 3 is 2.75 bits per heavy atom. The lowest BCUT2D eigenvalue weighted by Gasteiger charge is -2.23. The van der Waals surface area contributed by atoms with Crippen LogP contribution in [-0.2, 0) is 0 Å². The van der Waals surface area contributed by atoms with Crippen molar-refractivity contribution in [2.75, 3.05) is 24.6 Å². The van der Waals surface area contributed by atoms with Crippen molar-refractivity contribution >= 4 is 23.4 Å². The van der Waals surface area contributed by atoms with E-state index in [9.17, 15) is 4.79 Å². The van der Waals surface area contributed by atoms with Gasteiger partial charge in [-0.2, -0.15) is 11.8 Å². The van der Waals surface area contributed by atoms with Gasteiger partial charge in [0, 0.05) is 35.8 Å². The zero-order valence-corrected chi connectivity index (χ0v) is 13.7. The summed E-state index contributed by atoms with van der Waals surface area (Å²) >= 11 is 1.95. The van der Waals surface area contributed by atoms with Gasteiger partial charge < -0.3 is 15.2 Å². The van der Waals surface area contributed by atoms with Crippen molar-refractivity contribution in [2.24, 2.45) is 0 Å². The van der Waals surface area contributed by atoms with Crippen LogP contribution in [0.25, 0.3) is 0 Å². The smallest absolute Gasteiger partial charge is 0.270 e. The van der Waals surface area contributed by atoms with Crippen LogP contribution < -0.4 is 5.73 Å². The van der Waals surface area contributed by atoms with E-state index in [0.29, 0.717) is 11.4 Å². The second kappa shape index (κ2) is 5.72. The lowest BCUT2D eigenvalue weighted by Crippen LogP contribution is -2.35. The molecule has 5 heteroatoms. The molecule has 1 saturated heterocycles. The highest BCUT2D eigenvalue weighted by molar-refractivity contribution is 8.00. The van der Waals surface area contributed by atoms with Gasteiger partial charge in [-0.25, -0.2) is 0 Å². The molecule has 4 nitrogen and oxygen atoms in total. The molecule has 20 heavy (non-hydrogen) atoms. The standard InChI is InChI=1S/C15H25N3OS/c1-11(2)18-10-12(16)9-13(18)14(19)17-6-5-15(3,4)20-8-7-17/h9-11H,5-8,16H2,1-4H3. The summed E-state index contributed by atoms with van der Waals surface area (Å²) in [5.74, 6) is 1.10. The molecule has 0 aromatic carbocycles. The molecule has 2 rings (SSSR count). The van der Waals surface area contributed by atoms with Gasteiger partial charge in [0.1, 0.15) is 5.69 Å². The number of rotatable bonds is 2. The molecule has 1 fully saturated rings. The summed E-state index contributed by atoms with van der Waals surface area (Å²) in [6.45, 7) is 10.3. The summed E-state index contributed by atoms with van der Waals surface area (Å²) in [7, 11) is 0. The van der Waals surface area contributed by atoms with Crippen molar-refractivity contribution in [2.45, 2.75) is 44.9 Å². The normalized spacial score (nSPS) is 19.1. The number of amides is 1. The molecular formula is C15H25N3OS. The molecule has 0 atom stereocenters. The van der Waals surface area contributed by atoms with E-state index in [1.807, 2.05) is 27.4 Å². The SMILES string of the molecule is CC(C)n1cc(N)cc1C(=O)N1CCSC(C)(C)CC1. The Kier molecular flexibility index (Phi) is 4.37. The minimum absolute atomic E-state index is 0.105. The number of hydrogen-bond acceptors (Lipinski definition) is 3. The van der Waals surface area contributed by atoms with Crippen molar-refractivity contribution < 1.29 is 4.79 Å². The van der Waals surface area contributed by atoms with E-state index < -0.39 is 0 Å². The highest BCUT2D eigenvalue weighted by atomic mass is 32.2. The minimum Gasteiger partial charge on any atom is -0.397 e. The predicted octanol–water partition coefficient (Wildman–Crippen LogP) is 3.01. The predicted molar refractivity (Wildman–Crippen MR) is 86.3 cm³/mol. The summed E-state index contributed by atoms with van der Waals surface area (Å²) < 4.78 is 2.23. The Bertz CT molecular complexity index is 493. The second-order valence-electron chi connectivity index (χ2n) is 6.31. The first-order valence-corrected chi connectivity index (χ1v) is 8.19. The highest BCUT2D eigenvalue weighted by Crippen LogP contribution is 2.31. The average molecular weight is 295 g/mol. The molecular weight excluding hydrogens is 270 g/mol. The fourth-order valence-corrected chi connectivity index (χ4v) is 3.58. The number of nitrogen functional groups attached to an aromatic ring is 1. The molecule has 0 aliphatic carbocycles. The Hall–Kier alpha value is -1.10. The van der Waals surface area contributed by atoms with Crippen molar-refractivity contribution in [3.63, 3.8) is 0 Å². The van der Waals surface area contributed by atoms with Crippen LogP contribution in [0.1, 0.15) is 50.6 Å². The number of carbonyl (C=O) groups is 1. The number of carbonyl (C=O) groups excluding carboxylic acids is 1. The van der Waals surface area contributed by atoms with Crippen molar-refractivity contribution in [1.29, 1.82) is 0 Å². The van der Waals surface area contributed by atoms with E-state index in [4.69, 9.17) is 5.73 Å². The van der Waals surface area contributed by atoms with Crippen molar-refractivity contribution in [1.82, 2.24) is 9.47 Å². The number of nitrogens with zero attached hydrogens (tertiary/aromatic N) is 2. The van der Waals surface area contributed by atoms with Crippen molar-refractivity contribution in [3.05, 3.63) is 18.0 Å². The monoisotopic (exact) mass is 295 g/mol. The average Bonchev–Trinajstić information content (AvgIpc) is 2.65. The van der Waals surface area contributed by atoms with Gasteiger partial charge in [0.05, 0.1) is 5.69 Å². The molecule has 0 unspecified atom stereocenters. The molecule has 112 valence electrons. The molecule has 2 N–H and O–H groups in total. The first kappa shape index (κ1) is 15.3. The molecule has 0 bridgehead atoms. The summed E-state index contributed by atoms with van der Waals surface area (Å²) in [5.41, 5.74) is 7.23. The number of hydrogen-bond donors (Lipinski definition) is 1. The number of aromatic nitrogens is 1. The summed E-state index contributed by atoms with van der Waals surface area (Å²) in [4.78, 5) is 14.7. The third-order valence-electron chi connectivity index (χ3n) is 3.77. The zero-order chi connectivity index (χ0) is 14.9. The maximum absolute atomic E-state index is 12.7. The Balaban J connectivity index is 2.19. The van der Waals surface area contributed by atoms with E-state index in [-0.39, 0.29) is 16.7 Å². The molecule has 0 spiro atoms. The van der Waals surface area contributed by atoms with Gasteiger partial charge >= 0.3 is 0 Å². The molecule has 0 radical (unpaired) electrons. The van der Waals surface area contributed by atoms with Gasteiger partial charge in [0.2, 0.25) is 0 Å². The molecule has 1 amide bonds. The summed E-state index contributed by atoms with van der Waals surface area (Å²) in [6.07, 6.45) is 2.88. The van der Waals surface area contributed by atoms with E-state index in [0.717, 1.165) is 25.3 Å². The van der Waals surface area contributed by atoms with Gasteiger partial charge in [-0.1, -0.05) is 13.8 Å². The molecule has 2 heterocycles. The van der Waals surface area contributed by atoms with Crippen molar-refractivity contribution in [3.8, 4) is 0 Å². The van der Waals surface area contributed by atoms with Crippen LogP contribution >= 0.6 is 11.8 Å². The molecule has 1 aliphatic heterocycles. The number of nitrogens with two attached hydrogens (primary N) is 1. The maximum Gasteiger partial charge on any atom is 0.270 e. The van der Waals surface area contributed by atoms with Gasteiger partial charge in [0.25, 0.3) is 5.91 Å². The van der Waals surface area contributed by atoms with Crippen LogP contribution in [0.4, 0.5) is 5.69 Å². The van der Waals surface area contributed by atoms with Gasteiger partial charge in [-0.05, 0) is 26.3 Å². The summed E-state index contributed by atoms with van der Waals surface area (Å²) in [5, 5.41) is 0. The molecule has 1 aromatic rings. The van der Waals surface area contributed by atoms with Gasteiger partial charge in [-0.3, -0.25) is 4.79 Å². The Morgan fingerprint density at radius 2 is 2.10 bits per heavy atom. The number of anilines is 1. The lowest BCUT2D eigenvalue weighted by molar-refractivity contribution is 0.0752. The first-order valence-electron chi connectivity index (χ1n) is 7.21. The fourth-order valence-electron chi connectivity index (χ4n) is 2.48. The summed E-state index contributed by atoms with van der Waals surface area (Å²) in [6, 6.07) is 2.04. The van der Waals surface area contributed by atoms with E-state index in [2.05, 4.69) is 27.7 Å². The second-order valence-corrected chi connectivity index (χ2v) is 8.11. The number of thioether (sulfide) groups is 1. The quantitative estimate of drug-likeness (QED) is 0.912. The fraction of sp³-hybridized carbons (Fsp3) is 0.667. The van der Waals surface area contributed by atoms with Crippen LogP contribution in [0.15, 0.2) is 12.3 Å². The topological polar surface area (TPSA) is 51.3 Å². The van der Waals surface area contributed by atoms with Crippen LogP contribution in [0, 0.1) is 0 Å². The Labute approximate surface area is 125 Å². The maximum atomic E-state index is 12.7. The van der Waals surface area contributed by atoms with Crippen LogP contribution in [-0.4, -0.2) is 39.0 Å². The lowest BCUT2D eigenvalue weighted by atomic mass is 10.1. The minimum atomic E-state index is 0.105. The Morgan fingerprint density at radius 1 is 1.40 bits per heavy atom. The zero-order valence-electron chi connectivity index (χ0n) is 12.8.